The summed E-state index contributed by atoms with van der Waals surface area (Å²) in [6.45, 7) is 11.6. The third-order valence-electron chi connectivity index (χ3n) is 5.32. The maximum atomic E-state index is 12.2. The molecule has 3 aromatic carbocycles. The Labute approximate surface area is 205 Å². The zero-order valence-corrected chi connectivity index (χ0v) is 20.1. The number of aliphatic carboxylic acids is 1. The number of hydrogen-bond acceptors (Lipinski definition) is 3. The monoisotopic (exact) mass is 472 g/mol. The van der Waals surface area contributed by atoms with Gasteiger partial charge in [-0.05, 0) is 53.3 Å². The minimum absolute atomic E-state index is 0.0952. The summed E-state index contributed by atoms with van der Waals surface area (Å²) in [7, 11) is 0. The van der Waals surface area contributed by atoms with E-state index in [1.165, 1.54) is 4.90 Å². The van der Waals surface area contributed by atoms with Crippen LogP contribution in [-0.4, -0.2) is 23.5 Å². The van der Waals surface area contributed by atoms with Crippen LogP contribution in [0.4, 0.5) is 5.69 Å². The number of nitrogens with one attached hydrogen (secondary N) is 1. The summed E-state index contributed by atoms with van der Waals surface area (Å²) in [4.78, 5) is 27.5. The molecule has 0 radical (unpaired) electrons. The Bertz CT molecular complexity index is 1150. The lowest BCUT2D eigenvalue weighted by Gasteiger charge is -2.20. The molecule has 0 bridgehead atoms. The van der Waals surface area contributed by atoms with Crippen molar-refractivity contribution in [3.63, 3.8) is 0 Å². The van der Waals surface area contributed by atoms with E-state index < -0.39 is 5.97 Å². The van der Waals surface area contributed by atoms with Crippen LogP contribution in [0, 0.1) is 12.5 Å². The van der Waals surface area contributed by atoms with Gasteiger partial charge in [-0.3, -0.25) is 9.59 Å². The Morgan fingerprint density at radius 3 is 2.06 bits per heavy atom. The molecule has 0 fully saturated rings. The second-order valence-electron chi connectivity index (χ2n) is 8.44. The van der Waals surface area contributed by atoms with Crippen LogP contribution in [0.3, 0.4) is 0 Å². The first-order valence-corrected chi connectivity index (χ1v) is 12.1. The second kappa shape index (κ2) is 12.1. The molecule has 0 aliphatic rings. The highest BCUT2D eigenvalue weighted by Crippen LogP contribution is 2.40. The Morgan fingerprint density at radius 2 is 1.53 bits per heavy atom. The van der Waals surface area contributed by atoms with E-state index in [0.29, 0.717) is 17.2 Å². The van der Waals surface area contributed by atoms with Gasteiger partial charge in [0.25, 0.3) is 5.91 Å². The minimum Gasteiger partial charge on any atom is -0.481 e. The number of amides is 1. The molecule has 0 saturated carbocycles. The Balaban J connectivity index is 1.70. The van der Waals surface area contributed by atoms with Crippen LogP contribution in [0.2, 0.25) is 0 Å². The first-order chi connectivity index (χ1) is 16.4. The third kappa shape index (κ3) is 7.23. The van der Waals surface area contributed by atoms with E-state index in [-0.39, 0.29) is 24.1 Å². The molecule has 3 aromatic rings. The van der Waals surface area contributed by atoms with Crippen LogP contribution < -0.4 is 5.32 Å². The molecule has 6 heteroatoms. The van der Waals surface area contributed by atoms with Gasteiger partial charge in [-0.15, -0.1) is 11.8 Å². The predicted molar refractivity (Wildman–Crippen MR) is 137 cm³/mol. The SMILES string of the molecule is [C-]#[N+]c1ccc(-c2ccc(SC(CC(C)C)c3ccc(C(=O)NCCC(=O)O)cc3)cc2)cc1. The number of carbonyl (C=O) groups is 2. The van der Waals surface area contributed by atoms with E-state index >= 15 is 0 Å². The lowest BCUT2D eigenvalue weighted by molar-refractivity contribution is -0.136. The summed E-state index contributed by atoms with van der Waals surface area (Å²) < 4.78 is 0. The first-order valence-electron chi connectivity index (χ1n) is 11.2. The average molecular weight is 473 g/mol. The molecule has 174 valence electrons. The lowest BCUT2D eigenvalue weighted by atomic mass is 10.0. The van der Waals surface area contributed by atoms with Crippen LogP contribution >= 0.6 is 11.8 Å². The van der Waals surface area contributed by atoms with Crippen molar-refractivity contribution in [1.82, 2.24) is 5.32 Å². The molecule has 1 atom stereocenters. The molecule has 0 heterocycles. The van der Waals surface area contributed by atoms with Gasteiger partial charge >= 0.3 is 5.97 Å². The van der Waals surface area contributed by atoms with E-state index in [0.717, 1.165) is 23.1 Å². The van der Waals surface area contributed by atoms with Gasteiger partial charge in [0, 0.05) is 22.3 Å². The van der Waals surface area contributed by atoms with Gasteiger partial charge in [0.2, 0.25) is 0 Å². The minimum atomic E-state index is -0.935. The number of nitrogens with zero attached hydrogens (tertiary/aromatic N) is 1. The molecule has 0 aliphatic carbocycles. The zero-order chi connectivity index (χ0) is 24.5. The van der Waals surface area contributed by atoms with E-state index in [1.807, 2.05) is 36.4 Å². The van der Waals surface area contributed by atoms with Gasteiger partial charge in [0.05, 0.1) is 13.0 Å². The van der Waals surface area contributed by atoms with Crippen molar-refractivity contribution in [2.24, 2.45) is 5.92 Å². The van der Waals surface area contributed by atoms with E-state index in [4.69, 9.17) is 11.7 Å². The lowest BCUT2D eigenvalue weighted by Crippen LogP contribution is -2.25. The molecule has 1 unspecified atom stereocenters. The van der Waals surface area contributed by atoms with Crippen LogP contribution in [-0.2, 0) is 4.79 Å². The molecule has 0 saturated heterocycles. The number of hydrogen-bond donors (Lipinski definition) is 2. The Morgan fingerprint density at radius 1 is 0.941 bits per heavy atom. The summed E-state index contributed by atoms with van der Waals surface area (Å²) in [6.07, 6.45) is 0.899. The fraction of sp³-hybridized carbons (Fsp3) is 0.250. The molecule has 0 aromatic heterocycles. The number of thioether (sulfide) groups is 1. The summed E-state index contributed by atoms with van der Waals surface area (Å²) in [5.74, 6) is -0.687. The Kier molecular flexibility index (Phi) is 8.89. The fourth-order valence-electron chi connectivity index (χ4n) is 3.53. The van der Waals surface area contributed by atoms with Gasteiger partial charge in [0.1, 0.15) is 0 Å². The van der Waals surface area contributed by atoms with Crippen molar-refractivity contribution in [2.75, 3.05) is 6.54 Å². The third-order valence-corrected chi connectivity index (χ3v) is 6.61. The van der Waals surface area contributed by atoms with Gasteiger partial charge in [-0.1, -0.05) is 62.4 Å². The topological polar surface area (TPSA) is 70.8 Å². The van der Waals surface area contributed by atoms with Crippen molar-refractivity contribution in [3.05, 3.63) is 95.3 Å². The number of benzene rings is 3. The molecule has 0 spiro atoms. The second-order valence-corrected chi connectivity index (χ2v) is 9.72. The summed E-state index contributed by atoms with van der Waals surface area (Å²) in [5, 5.41) is 11.6. The standard InChI is InChI=1S/C28H28N2O3S/c1-19(2)18-26(22-4-6-23(7-5-22)28(33)30-17-16-27(31)32)34-25-14-10-21(11-15-25)20-8-12-24(29-3)13-9-20/h4-15,19,26H,16-18H2,1-2H3,(H,30,33)(H,31,32). The highest BCUT2D eigenvalue weighted by molar-refractivity contribution is 7.99. The van der Waals surface area contributed by atoms with Gasteiger partial charge in [-0.2, -0.15) is 0 Å². The molecule has 0 aliphatic heterocycles. The molecular weight excluding hydrogens is 444 g/mol. The van der Waals surface area contributed by atoms with Gasteiger partial charge in [0.15, 0.2) is 5.69 Å². The van der Waals surface area contributed by atoms with E-state index in [9.17, 15) is 9.59 Å². The van der Waals surface area contributed by atoms with Crippen LogP contribution in [0.5, 0.6) is 0 Å². The van der Waals surface area contributed by atoms with Gasteiger partial charge < -0.3 is 10.4 Å². The van der Waals surface area contributed by atoms with Crippen molar-refractivity contribution in [2.45, 2.75) is 36.8 Å². The highest BCUT2D eigenvalue weighted by atomic mass is 32.2. The zero-order valence-electron chi connectivity index (χ0n) is 19.3. The average Bonchev–Trinajstić information content (AvgIpc) is 2.84. The number of rotatable bonds is 10. The Hall–Kier alpha value is -3.56. The molecule has 3 rings (SSSR count). The predicted octanol–water partition coefficient (Wildman–Crippen LogP) is 6.99. The van der Waals surface area contributed by atoms with E-state index in [2.05, 4.69) is 48.3 Å². The summed E-state index contributed by atoms with van der Waals surface area (Å²) in [5.41, 5.74) is 4.51. The summed E-state index contributed by atoms with van der Waals surface area (Å²) >= 11 is 1.81. The smallest absolute Gasteiger partial charge is 0.305 e. The van der Waals surface area contributed by atoms with Crippen LogP contribution in [0.25, 0.3) is 16.0 Å². The number of carbonyl (C=O) groups excluding carboxylic acids is 1. The van der Waals surface area contributed by atoms with Crippen LogP contribution in [0.15, 0.2) is 77.7 Å². The first kappa shape index (κ1) is 25.1. The molecule has 1 amide bonds. The maximum Gasteiger partial charge on any atom is 0.305 e. The number of carboxylic acids is 1. The fourth-order valence-corrected chi connectivity index (χ4v) is 4.93. The van der Waals surface area contributed by atoms with Gasteiger partial charge in [-0.25, -0.2) is 4.85 Å². The van der Waals surface area contributed by atoms with Crippen molar-refractivity contribution >= 4 is 29.3 Å². The molecule has 5 nitrogen and oxygen atoms in total. The maximum absolute atomic E-state index is 12.2. The van der Waals surface area contributed by atoms with Crippen molar-refractivity contribution in [1.29, 1.82) is 0 Å². The van der Waals surface area contributed by atoms with Crippen LogP contribution in [0.1, 0.15) is 47.9 Å². The molecular formula is C28H28N2O3S. The van der Waals surface area contributed by atoms with Crippen molar-refractivity contribution in [3.8, 4) is 11.1 Å². The summed E-state index contributed by atoms with van der Waals surface area (Å²) in [6, 6.07) is 23.6. The molecule has 34 heavy (non-hydrogen) atoms. The normalized spacial score (nSPS) is 11.6. The largest absolute Gasteiger partial charge is 0.481 e. The highest BCUT2D eigenvalue weighted by Gasteiger charge is 2.16. The number of carboxylic acid groups (broad SMARTS) is 1. The van der Waals surface area contributed by atoms with E-state index in [1.54, 1.807) is 23.9 Å². The molecule has 2 N–H and O–H groups in total. The van der Waals surface area contributed by atoms with Crippen molar-refractivity contribution < 1.29 is 14.7 Å². The quantitative estimate of drug-likeness (QED) is 0.246.